The molecule has 0 aromatic carbocycles. The van der Waals surface area contributed by atoms with Crippen molar-refractivity contribution in [1.29, 1.82) is 0 Å². The highest BCUT2D eigenvalue weighted by atomic mass is 16.3. The van der Waals surface area contributed by atoms with Gasteiger partial charge in [-0.25, -0.2) is 0 Å². The van der Waals surface area contributed by atoms with Crippen molar-refractivity contribution in [3.05, 3.63) is 23.7 Å². The molecular formula is C13H21NO. The summed E-state index contributed by atoms with van der Waals surface area (Å²) in [5, 5.41) is 3.40. The van der Waals surface area contributed by atoms with Crippen molar-refractivity contribution in [1.82, 2.24) is 5.32 Å². The summed E-state index contributed by atoms with van der Waals surface area (Å²) in [6.07, 6.45) is 8.82. The Morgan fingerprint density at radius 2 is 2.20 bits per heavy atom. The standard InChI is InChI=1S/C13H21NO/c1-10-7-12(9-15-10)13(14-2)8-11-5-3-4-6-11/h7,9,11,13-14H,3-6,8H2,1-2H3. The maximum Gasteiger partial charge on any atom is 0.101 e. The summed E-state index contributed by atoms with van der Waals surface area (Å²) in [6, 6.07) is 2.63. The summed E-state index contributed by atoms with van der Waals surface area (Å²) in [7, 11) is 2.04. The highest BCUT2D eigenvalue weighted by molar-refractivity contribution is 5.16. The van der Waals surface area contributed by atoms with Gasteiger partial charge >= 0.3 is 0 Å². The Kier molecular flexibility index (Phi) is 3.47. The normalized spacial score (nSPS) is 19.6. The Hall–Kier alpha value is -0.760. The summed E-state index contributed by atoms with van der Waals surface area (Å²) >= 11 is 0. The molecule has 1 N–H and O–H groups in total. The van der Waals surface area contributed by atoms with E-state index in [1.807, 2.05) is 20.2 Å². The van der Waals surface area contributed by atoms with E-state index in [-0.39, 0.29) is 0 Å². The number of hydrogen-bond acceptors (Lipinski definition) is 2. The van der Waals surface area contributed by atoms with Gasteiger partial charge in [0.25, 0.3) is 0 Å². The van der Waals surface area contributed by atoms with Gasteiger partial charge in [0, 0.05) is 11.6 Å². The molecule has 0 spiro atoms. The summed E-state index contributed by atoms with van der Waals surface area (Å²) in [4.78, 5) is 0. The topological polar surface area (TPSA) is 25.2 Å². The fourth-order valence-electron chi connectivity index (χ4n) is 2.65. The van der Waals surface area contributed by atoms with E-state index in [9.17, 15) is 0 Å². The number of rotatable bonds is 4. The molecule has 1 unspecified atom stereocenters. The Labute approximate surface area is 92.1 Å². The monoisotopic (exact) mass is 207 g/mol. The maximum atomic E-state index is 5.37. The van der Waals surface area contributed by atoms with Crippen molar-refractivity contribution in [3.8, 4) is 0 Å². The van der Waals surface area contributed by atoms with Gasteiger partial charge in [0.05, 0.1) is 6.26 Å². The van der Waals surface area contributed by atoms with Crippen LogP contribution in [-0.2, 0) is 0 Å². The molecular weight excluding hydrogens is 186 g/mol. The second-order valence-electron chi connectivity index (χ2n) is 4.72. The van der Waals surface area contributed by atoms with Gasteiger partial charge in [-0.1, -0.05) is 25.7 Å². The third-order valence-corrected chi connectivity index (χ3v) is 3.55. The number of nitrogens with one attached hydrogen (secondary N) is 1. The fourth-order valence-corrected chi connectivity index (χ4v) is 2.65. The lowest BCUT2D eigenvalue weighted by Gasteiger charge is -2.18. The second-order valence-corrected chi connectivity index (χ2v) is 4.72. The Bertz CT molecular complexity index is 299. The number of furan rings is 1. The lowest BCUT2D eigenvalue weighted by Crippen LogP contribution is -2.18. The summed E-state index contributed by atoms with van der Waals surface area (Å²) in [6.45, 7) is 2.01. The molecule has 1 atom stereocenters. The molecule has 2 nitrogen and oxygen atoms in total. The van der Waals surface area contributed by atoms with E-state index in [2.05, 4.69) is 11.4 Å². The smallest absolute Gasteiger partial charge is 0.101 e. The lowest BCUT2D eigenvalue weighted by atomic mass is 9.95. The molecule has 1 aliphatic rings. The Morgan fingerprint density at radius 3 is 2.73 bits per heavy atom. The SMILES string of the molecule is CNC(CC1CCCC1)c1coc(C)c1. The van der Waals surface area contributed by atoms with E-state index < -0.39 is 0 Å². The first kappa shape index (κ1) is 10.7. The van der Waals surface area contributed by atoms with Crippen molar-refractivity contribution in [3.63, 3.8) is 0 Å². The summed E-state index contributed by atoms with van der Waals surface area (Å²) < 4.78 is 5.37. The first-order valence-electron chi connectivity index (χ1n) is 6.02. The van der Waals surface area contributed by atoms with Crippen molar-refractivity contribution in [2.75, 3.05) is 7.05 Å². The van der Waals surface area contributed by atoms with Crippen molar-refractivity contribution >= 4 is 0 Å². The average molecular weight is 207 g/mol. The largest absolute Gasteiger partial charge is 0.469 e. The molecule has 0 radical (unpaired) electrons. The van der Waals surface area contributed by atoms with Crippen LogP contribution < -0.4 is 5.32 Å². The third kappa shape index (κ3) is 2.63. The minimum absolute atomic E-state index is 0.477. The number of aryl methyl sites for hydroxylation is 1. The van der Waals surface area contributed by atoms with Gasteiger partial charge in [-0.15, -0.1) is 0 Å². The Morgan fingerprint density at radius 1 is 1.47 bits per heavy atom. The first-order chi connectivity index (χ1) is 7.29. The van der Waals surface area contributed by atoms with Crippen LogP contribution in [0.25, 0.3) is 0 Å². The molecule has 0 amide bonds. The van der Waals surface area contributed by atoms with Crippen LogP contribution in [0.3, 0.4) is 0 Å². The molecule has 1 aromatic rings. The van der Waals surface area contributed by atoms with E-state index in [1.54, 1.807) is 0 Å². The minimum Gasteiger partial charge on any atom is -0.469 e. The zero-order chi connectivity index (χ0) is 10.7. The highest BCUT2D eigenvalue weighted by Crippen LogP contribution is 2.33. The van der Waals surface area contributed by atoms with E-state index >= 15 is 0 Å². The lowest BCUT2D eigenvalue weighted by molar-refractivity contribution is 0.410. The van der Waals surface area contributed by atoms with Gasteiger partial charge < -0.3 is 9.73 Å². The van der Waals surface area contributed by atoms with Gasteiger partial charge in [0.1, 0.15) is 5.76 Å². The van der Waals surface area contributed by atoms with Gasteiger partial charge in [0.2, 0.25) is 0 Å². The predicted molar refractivity (Wildman–Crippen MR) is 61.8 cm³/mol. The van der Waals surface area contributed by atoms with E-state index in [1.165, 1.54) is 37.7 Å². The van der Waals surface area contributed by atoms with Crippen LogP contribution in [0.2, 0.25) is 0 Å². The molecule has 0 aliphatic heterocycles. The van der Waals surface area contributed by atoms with E-state index in [0.29, 0.717) is 6.04 Å². The van der Waals surface area contributed by atoms with Crippen LogP contribution in [0.1, 0.15) is 49.5 Å². The molecule has 1 heterocycles. The van der Waals surface area contributed by atoms with Crippen LogP contribution in [-0.4, -0.2) is 7.05 Å². The highest BCUT2D eigenvalue weighted by Gasteiger charge is 2.21. The molecule has 0 saturated heterocycles. The van der Waals surface area contributed by atoms with Gasteiger partial charge in [-0.05, 0) is 32.4 Å². The molecule has 1 fully saturated rings. The van der Waals surface area contributed by atoms with Crippen LogP contribution in [0.5, 0.6) is 0 Å². The molecule has 1 aliphatic carbocycles. The molecule has 0 bridgehead atoms. The quantitative estimate of drug-likeness (QED) is 0.818. The van der Waals surface area contributed by atoms with Gasteiger partial charge in [-0.2, -0.15) is 0 Å². The average Bonchev–Trinajstić information content (AvgIpc) is 2.85. The van der Waals surface area contributed by atoms with Crippen molar-refractivity contribution in [2.24, 2.45) is 5.92 Å². The first-order valence-corrected chi connectivity index (χ1v) is 6.02. The fraction of sp³-hybridized carbons (Fsp3) is 0.692. The molecule has 2 heteroatoms. The zero-order valence-electron chi connectivity index (χ0n) is 9.75. The molecule has 84 valence electrons. The molecule has 2 rings (SSSR count). The van der Waals surface area contributed by atoms with Crippen molar-refractivity contribution in [2.45, 2.75) is 45.1 Å². The van der Waals surface area contributed by atoms with Crippen LogP contribution >= 0.6 is 0 Å². The molecule has 15 heavy (non-hydrogen) atoms. The van der Waals surface area contributed by atoms with E-state index in [0.717, 1.165) is 11.7 Å². The zero-order valence-corrected chi connectivity index (χ0v) is 9.75. The minimum atomic E-state index is 0.477. The molecule has 1 saturated carbocycles. The van der Waals surface area contributed by atoms with Gasteiger partial charge in [-0.3, -0.25) is 0 Å². The predicted octanol–water partition coefficient (Wildman–Crippen LogP) is 3.43. The Balaban J connectivity index is 1.97. The van der Waals surface area contributed by atoms with E-state index in [4.69, 9.17) is 4.42 Å². The van der Waals surface area contributed by atoms with Crippen LogP contribution in [0, 0.1) is 12.8 Å². The van der Waals surface area contributed by atoms with Crippen LogP contribution in [0.15, 0.2) is 16.7 Å². The molecule has 1 aromatic heterocycles. The third-order valence-electron chi connectivity index (χ3n) is 3.55. The number of hydrogen-bond donors (Lipinski definition) is 1. The second kappa shape index (κ2) is 4.84. The van der Waals surface area contributed by atoms with Gasteiger partial charge in [0.15, 0.2) is 0 Å². The van der Waals surface area contributed by atoms with Crippen molar-refractivity contribution < 1.29 is 4.42 Å². The van der Waals surface area contributed by atoms with Crippen LogP contribution in [0.4, 0.5) is 0 Å². The summed E-state index contributed by atoms with van der Waals surface area (Å²) in [5.41, 5.74) is 1.31. The maximum absolute atomic E-state index is 5.37. The summed E-state index contributed by atoms with van der Waals surface area (Å²) in [5.74, 6) is 1.93.